The van der Waals surface area contributed by atoms with Crippen LogP contribution in [0.25, 0.3) is 10.9 Å². The molecule has 1 heterocycles. The normalized spacial score (nSPS) is 10.9. The lowest BCUT2D eigenvalue weighted by molar-refractivity contribution is 0.0951. The van der Waals surface area contributed by atoms with E-state index in [-0.39, 0.29) is 11.7 Å². The number of carbonyl (C=O) groups excluding carboxylic acids is 1. The summed E-state index contributed by atoms with van der Waals surface area (Å²) in [5.41, 5.74) is 3.35. The Hall–Kier alpha value is -3.67. The summed E-state index contributed by atoms with van der Waals surface area (Å²) in [4.78, 5) is 12.7. The van der Waals surface area contributed by atoms with Crippen molar-refractivity contribution in [1.82, 2.24) is 15.1 Å². The van der Waals surface area contributed by atoms with Gasteiger partial charge in [0.25, 0.3) is 5.91 Å². The SMILES string of the molecule is CCOc1ccc(CNC(=O)c2ccc3cnn(Cc4ccc(F)cc4)c3c2)cc1. The van der Waals surface area contributed by atoms with Gasteiger partial charge in [-0.3, -0.25) is 9.48 Å². The van der Waals surface area contributed by atoms with E-state index in [9.17, 15) is 9.18 Å². The molecule has 0 aliphatic heterocycles. The standard InChI is InChI=1S/C24H22FN3O2/c1-2-30-22-11-5-17(6-12-22)14-26-24(29)19-7-8-20-15-27-28(23(20)13-19)16-18-3-9-21(25)10-4-18/h3-13,15H,2,14,16H2,1H3,(H,26,29). The number of hydrogen-bond donors (Lipinski definition) is 1. The van der Waals surface area contributed by atoms with Gasteiger partial charge in [0.2, 0.25) is 0 Å². The number of ether oxygens (including phenoxy) is 1. The van der Waals surface area contributed by atoms with E-state index in [1.54, 1.807) is 24.4 Å². The number of benzene rings is 3. The van der Waals surface area contributed by atoms with Crippen molar-refractivity contribution in [3.8, 4) is 5.75 Å². The van der Waals surface area contributed by atoms with Crippen molar-refractivity contribution < 1.29 is 13.9 Å². The van der Waals surface area contributed by atoms with E-state index < -0.39 is 0 Å². The Balaban J connectivity index is 1.46. The van der Waals surface area contributed by atoms with Gasteiger partial charge in [-0.15, -0.1) is 0 Å². The second kappa shape index (κ2) is 8.78. The van der Waals surface area contributed by atoms with Crippen LogP contribution in [-0.2, 0) is 13.1 Å². The Morgan fingerprint density at radius 1 is 1.03 bits per heavy atom. The molecule has 0 atom stereocenters. The van der Waals surface area contributed by atoms with Gasteiger partial charge in [0.1, 0.15) is 11.6 Å². The molecule has 30 heavy (non-hydrogen) atoms. The molecule has 0 radical (unpaired) electrons. The molecule has 0 unspecified atom stereocenters. The predicted octanol–water partition coefficient (Wildman–Crippen LogP) is 4.55. The number of hydrogen-bond acceptors (Lipinski definition) is 3. The number of rotatable bonds is 7. The van der Waals surface area contributed by atoms with E-state index in [1.165, 1.54) is 12.1 Å². The first-order chi connectivity index (χ1) is 14.6. The van der Waals surface area contributed by atoms with E-state index in [0.717, 1.165) is 27.8 Å². The van der Waals surface area contributed by atoms with Gasteiger partial charge in [-0.05, 0) is 54.4 Å². The second-order valence-electron chi connectivity index (χ2n) is 6.96. The topological polar surface area (TPSA) is 56.1 Å². The summed E-state index contributed by atoms with van der Waals surface area (Å²) in [6.45, 7) is 3.49. The summed E-state index contributed by atoms with van der Waals surface area (Å²) in [6.07, 6.45) is 1.76. The van der Waals surface area contributed by atoms with E-state index in [2.05, 4.69) is 10.4 Å². The fourth-order valence-corrected chi connectivity index (χ4v) is 3.26. The second-order valence-corrected chi connectivity index (χ2v) is 6.96. The summed E-state index contributed by atoms with van der Waals surface area (Å²) < 4.78 is 20.4. The van der Waals surface area contributed by atoms with Crippen LogP contribution < -0.4 is 10.1 Å². The lowest BCUT2D eigenvalue weighted by atomic mass is 10.1. The number of fused-ring (bicyclic) bond motifs is 1. The molecule has 1 N–H and O–H groups in total. The zero-order valence-corrected chi connectivity index (χ0v) is 16.6. The van der Waals surface area contributed by atoms with Crippen molar-refractivity contribution >= 4 is 16.8 Å². The molecule has 3 aromatic carbocycles. The molecule has 0 aliphatic carbocycles. The van der Waals surface area contributed by atoms with E-state index >= 15 is 0 Å². The van der Waals surface area contributed by atoms with Gasteiger partial charge in [0.15, 0.2) is 0 Å². The molecular formula is C24H22FN3O2. The summed E-state index contributed by atoms with van der Waals surface area (Å²) in [5.74, 6) is 0.392. The van der Waals surface area contributed by atoms with Crippen molar-refractivity contribution in [2.45, 2.75) is 20.0 Å². The summed E-state index contributed by atoms with van der Waals surface area (Å²) in [7, 11) is 0. The van der Waals surface area contributed by atoms with Crippen LogP contribution in [0, 0.1) is 5.82 Å². The highest BCUT2D eigenvalue weighted by Crippen LogP contribution is 2.18. The maximum atomic E-state index is 13.1. The van der Waals surface area contributed by atoms with Crippen molar-refractivity contribution in [3.63, 3.8) is 0 Å². The van der Waals surface area contributed by atoms with Crippen LogP contribution in [0.3, 0.4) is 0 Å². The third-order valence-electron chi connectivity index (χ3n) is 4.84. The number of carbonyl (C=O) groups is 1. The number of halogens is 1. The van der Waals surface area contributed by atoms with Crippen LogP contribution in [0.15, 0.2) is 72.9 Å². The number of nitrogens with zero attached hydrogens (tertiary/aromatic N) is 2. The number of nitrogens with one attached hydrogen (secondary N) is 1. The Morgan fingerprint density at radius 3 is 2.50 bits per heavy atom. The Kier molecular flexibility index (Phi) is 5.75. The average molecular weight is 403 g/mol. The van der Waals surface area contributed by atoms with Gasteiger partial charge in [-0.2, -0.15) is 5.10 Å². The molecule has 6 heteroatoms. The van der Waals surface area contributed by atoms with Crippen molar-refractivity contribution in [1.29, 1.82) is 0 Å². The molecule has 4 rings (SSSR count). The zero-order chi connectivity index (χ0) is 20.9. The smallest absolute Gasteiger partial charge is 0.251 e. The molecule has 1 amide bonds. The van der Waals surface area contributed by atoms with Gasteiger partial charge in [0.05, 0.1) is 24.9 Å². The largest absolute Gasteiger partial charge is 0.494 e. The van der Waals surface area contributed by atoms with E-state index in [0.29, 0.717) is 25.3 Å². The fraction of sp³-hybridized carbons (Fsp3) is 0.167. The first kappa shape index (κ1) is 19.6. The van der Waals surface area contributed by atoms with Crippen LogP contribution in [0.2, 0.25) is 0 Å². The first-order valence-corrected chi connectivity index (χ1v) is 9.82. The third kappa shape index (κ3) is 4.49. The Morgan fingerprint density at radius 2 is 1.77 bits per heavy atom. The number of amides is 1. The Labute approximate surface area is 174 Å². The lowest BCUT2D eigenvalue weighted by Crippen LogP contribution is -2.22. The van der Waals surface area contributed by atoms with Gasteiger partial charge in [-0.1, -0.05) is 30.3 Å². The van der Waals surface area contributed by atoms with Crippen molar-refractivity contribution in [3.05, 3.63) is 95.4 Å². The molecule has 0 saturated heterocycles. The molecular weight excluding hydrogens is 381 g/mol. The molecule has 0 spiro atoms. The van der Waals surface area contributed by atoms with Crippen LogP contribution >= 0.6 is 0 Å². The minimum Gasteiger partial charge on any atom is -0.494 e. The molecule has 0 saturated carbocycles. The minimum absolute atomic E-state index is 0.152. The molecule has 0 aliphatic rings. The predicted molar refractivity (Wildman–Crippen MR) is 114 cm³/mol. The molecule has 152 valence electrons. The molecule has 0 fully saturated rings. The molecule has 1 aromatic heterocycles. The monoisotopic (exact) mass is 403 g/mol. The highest BCUT2D eigenvalue weighted by Gasteiger charge is 2.10. The maximum Gasteiger partial charge on any atom is 0.251 e. The number of aromatic nitrogens is 2. The average Bonchev–Trinajstić information content (AvgIpc) is 3.17. The van der Waals surface area contributed by atoms with Gasteiger partial charge in [0, 0.05) is 17.5 Å². The maximum absolute atomic E-state index is 13.1. The van der Waals surface area contributed by atoms with E-state index in [1.807, 2.05) is 48.0 Å². The van der Waals surface area contributed by atoms with Crippen LogP contribution in [-0.4, -0.2) is 22.3 Å². The van der Waals surface area contributed by atoms with Crippen LogP contribution in [0.4, 0.5) is 4.39 Å². The summed E-state index contributed by atoms with van der Waals surface area (Å²) >= 11 is 0. The highest BCUT2D eigenvalue weighted by molar-refractivity contribution is 5.97. The van der Waals surface area contributed by atoms with Gasteiger partial charge < -0.3 is 10.1 Å². The first-order valence-electron chi connectivity index (χ1n) is 9.82. The highest BCUT2D eigenvalue weighted by atomic mass is 19.1. The summed E-state index contributed by atoms with van der Waals surface area (Å²) in [5, 5.41) is 8.30. The molecule has 5 nitrogen and oxygen atoms in total. The van der Waals surface area contributed by atoms with Crippen LogP contribution in [0.5, 0.6) is 5.75 Å². The van der Waals surface area contributed by atoms with Crippen LogP contribution in [0.1, 0.15) is 28.4 Å². The summed E-state index contributed by atoms with van der Waals surface area (Å²) in [6, 6.07) is 19.5. The quantitative estimate of drug-likeness (QED) is 0.492. The van der Waals surface area contributed by atoms with E-state index in [4.69, 9.17) is 4.74 Å². The Bertz CT molecular complexity index is 1150. The molecule has 0 bridgehead atoms. The zero-order valence-electron chi connectivity index (χ0n) is 16.6. The molecule has 4 aromatic rings. The third-order valence-corrected chi connectivity index (χ3v) is 4.84. The van der Waals surface area contributed by atoms with Gasteiger partial charge >= 0.3 is 0 Å². The minimum atomic E-state index is -0.268. The fourth-order valence-electron chi connectivity index (χ4n) is 3.26. The lowest BCUT2D eigenvalue weighted by Gasteiger charge is -2.08. The van der Waals surface area contributed by atoms with Crippen molar-refractivity contribution in [2.24, 2.45) is 0 Å². The van der Waals surface area contributed by atoms with Crippen molar-refractivity contribution in [2.75, 3.05) is 6.61 Å². The van der Waals surface area contributed by atoms with Gasteiger partial charge in [-0.25, -0.2) is 4.39 Å².